The minimum absolute atomic E-state index is 0.0144. The minimum Gasteiger partial charge on any atom is -0.480 e. The van der Waals surface area contributed by atoms with Gasteiger partial charge in [0.25, 0.3) is 11.8 Å². The molecule has 3 rings (SSSR count). The number of ether oxygens (including phenoxy) is 1. The lowest BCUT2D eigenvalue weighted by Gasteiger charge is -2.46. The van der Waals surface area contributed by atoms with E-state index < -0.39 is 23.3 Å². The molecule has 0 unspecified atom stereocenters. The molecule has 1 saturated heterocycles. The number of carbonyl (C=O) groups excluding carboxylic acids is 4. The summed E-state index contributed by atoms with van der Waals surface area (Å²) < 4.78 is 5.00. The molecular formula is C22H27N5O5S. The molecule has 0 saturated carbocycles. The van der Waals surface area contributed by atoms with Crippen LogP contribution in [-0.2, 0) is 15.1 Å². The van der Waals surface area contributed by atoms with E-state index in [0.717, 1.165) is 11.3 Å². The van der Waals surface area contributed by atoms with Crippen LogP contribution in [0.5, 0.6) is 5.88 Å². The van der Waals surface area contributed by atoms with Gasteiger partial charge in [0.2, 0.25) is 5.88 Å². The van der Waals surface area contributed by atoms with Gasteiger partial charge in [0, 0.05) is 18.5 Å². The summed E-state index contributed by atoms with van der Waals surface area (Å²) >= 11 is 1.31. The zero-order valence-corrected chi connectivity index (χ0v) is 19.7. The van der Waals surface area contributed by atoms with Crippen molar-refractivity contribution in [2.75, 3.05) is 26.0 Å². The third kappa shape index (κ3) is 4.82. The van der Waals surface area contributed by atoms with Gasteiger partial charge >= 0.3 is 11.8 Å². The highest BCUT2D eigenvalue weighted by Gasteiger charge is 2.44. The Morgan fingerprint density at radius 2 is 2.03 bits per heavy atom. The number of nitrogens with two attached hydrogens (primary N) is 1. The minimum atomic E-state index is -0.860. The van der Waals surface area contributed by atoms with Gasteiger partial charge in [0.15, 0.2) is 0 Å². The summed E-state index contributed by atoms with van der Waals surface area (Å²) in [4.78, 5) is 56.7. The number of primary amides is 1. The van der Waals surface area contributed by atoms with Gasteiger partial charge in [-0.2, -0.15) is 0 Å². The molecule has 2 aromatic rings. The van der Waals surface area contributed by atoms with Gasteiger partial charge in [-0.25, -0.2) is 4.98 Å². The van der Waals surface area contributed by atoms with Crippen molar-refractivity contribution in [2.24, 2.45) is 11.7 Å². The van der Waals surface area contributed by atoms with Crippen LogP contribution in [-0.4, -0.2) is 54.2 Å². The quantitative estimate of drug-likeness (QED) is 0.564. The first-order valence-electron chi connectivity index (χ1n) is 10.4. The molecule has 0 spiro atoms. The second kappa shape index (κ2) is 9.57. The van der Waals surface area contributed by atoms with Crippen molar-refractivity contribution in [1.29, 1.82) is 0 Å². The number of aromatic nitrogens is 1. The summed E-state index contributed by atoms with van der Waals surface area (Å²) in [5.74, 6) is -2.32. The Bertz CT molecular complexity index is 1100. The molecule has 176 valence electrons. The van der Waals surface area contributed by atoms with Crippen molar-refractivity contribution in [3.8, 4) is 5.88 Å². The van der Waals surface area contributed by atoms with Gasteiger partial charge in [-0.3, -0.25) is 19.2 Å². The van der Waals surface area contributed by atoms with Gasteiger partial charge in [-0.05, 0) is 43.9 Å². The number of nitrogens with zero attached hydrogens (tertiary/aromatic N) is 2. The van der Waals surface area contributed by atoms with Crippen molar-refractivity contribution < 1.29 is 23.9 Å². The van der Waals surface area contributed by atoms with Crippen LogP contribution < -0.4 is 21.1 Å². The molecule has 1 fully saturated rings. The van der Waals surface area contributed by atoms with Crippen LogP contribution in [0.15, 0.2) is 24.4 Å². The third-order valence-corrected chi connectivity index (χ3v) is 7.15. The number of hydrogen-bond donors (Lipinski definition) is 3. The molecule has 0 bridgehead atoms. The Hall–Kier alpha value is -3.47. The van der Waals surface area contributed by atoms with Gasteiger partial charge in [0.1, 0.15) is 5.56 Å². The number of carbonyl (C=O) groups is 4. The first-order chi connectivity index (χ1) is 15.6. The fourth-order valence-electron chi connectivity index (χ4n) is 3.87. The molecule has 0 radical (unpaired) electrons. The molecular weight excluding hydrogens is 446 g/mol. The predicted octanol–water partition coefficient (Wildman–Crippen LogP) is 1.72. The molecule has 2 atom stereocenters. The van der Waals surface area contributed by atoms with Crippen LogP contribution >= 0.6 is 11.3 Å². The fourth-order valence-corrected chi connectivity index (χ4v) is 5.01. The normalized spacial score (nSPS) is 20.1. The van der Waals surface area contributed by atoms with E-state index in [4.69, 9.17) is 10.5 Å². The van der Waals surface area contributed by atoms with E-state index in [1.807, 2.05) is 19.9 Å². The number of piperidine rings is 1. The van der Waals surface area contributed by atoms with Crippen molar-refractivity contribution in [3.05, 3.63) is 39.7 Å². The number of nitrogens with one attached hydrogen (secondary N) is 2. The highest BCUT2D eigenvalue weighted by atomic mass is 32.1. The molecule has 4 N–H and O–H groups in total. The predicted molar refractivity (Wildman–Crippen MR) is 123 cm³/mol. The fraction of sp³-hybridized carbons (Fsp3) is 0.409. The lowest BCUT2D eigenvalue weighted by atomic mass is 9.82. The van der Waals surface area contributed by atoms with Crippen LogP contribution in [0.4, 0.5) is 5.69 Å². The van der Waals surface area contributed by atoms with Crippen molar-refractivity contribution >= 4 is 40.7 Å². The Labute approximate surface area is 195 Å². The van der Waals surface area contributed by atoms with Crippen molar-refractivity contribution in [2.45, 2.75) is 32.2 Å². The standard InChI is InChI=1S/C22H27N5O5S/c1-12-7-8-22(2,16-6-5-15(33-16)18(29)24-3)27(11-12)21(31)19(30)26-13-9-14(17(23)28)20(32-4)25-10-13/h5-6,9-10,12H,7-8,11H2,1-4H3,(H2,23,28)(H,24,29)(H,26,30)/t12-,22-/m0/s1. The summed E-state index contributed by atoms with van der Waals surface area (Å²) in [5, 5.41) is 5.10. The van der Waals surface area contributed by atoms with Gasteiger partial charge in [-0.1, -0.05) is 6.92 Å². The molecule has 4 amide bonds. The third-order valence-electron chi connectivity index (χ3n) is 5.81. The largest absolute Gasteiger partial charge is 0.480 e. The van der Waals surface area contributed by atoms with Gasteiger partial charge in [-0.15, -0.1) is 11.3 Å². The van der Waals surface area contributed by atoms with Gasteiger partial charge < -0.3 is 26.0 Å². The first-order valence-corrected chi connectivity index (χ1v) is 11.2. The zero-order chi connectivity index (χ0) is 24.3. The van der Waals surface area contributed by atoms with E-state index >= 15 is 0 Å². The number of methoxy groups -OCH3 is 1. The van der Waals surface area contributed by atoms with E-state index in [9.17, 15) is 19.2 Å². The lowest BCUT2D eigenvalue weighted by molar-refractivity contribution is -0.150. The van der Waals surface area contributed by atoms with Crippen LogP contribution in [0.25, 0.3) is 0 Å². The van der Waals surface area contributed by atoms with E-state index in [-0.39, 0.29) is 29.0 Å². The average Bonchev–Trinajstić information content (AvgIpc) is 3.30. The molecule has 10 nitrogen and oxygen atoms in total. The maximum Gasteiger partial charge on any atom is 0.313 e. The highest BCUT2D eigenvalue weighted by molar-refractivity contribution is 7.14. The number of anilines is 1. The van der Waals surface area contributed by atoms with Crippen LogP contribution in [0.1, 0.15) is 51.6 Å². The molecule has 3 heterocycles. The lowest BCUT2D eigenvalue weighted by Crippen LogP contribution is -2.55. The second-order valence-electron chi connectivity index (χ2n) is 8.18. The second-order valence-corrected chi connectivity index (χ2v) is 9.26. The maximum absolute atomic E-state index is 13.3. The van der Waals surface area contributed by atoms with Crippen LogP contribution in [0.2, 0.25) is 0 Å². The SMILES string of the molecule is CNC(=O)c1ccc([C@]2(C)CC[C@H](C)CN2C(=O)C(=O)Nc2cnc(OC)c(C(N)=O)c2)s1. The molecule has 1 aliphatic heterocycles. The number of hydrogen-bond acceptors (Lipinski definition) is 7. The maximum atomic E-state index is 13.3. The molecule has 2 aromatic heterocycles. The number of amides is 4. The van der Waals surface area contributed by atoms with Gasteiger partial charge in [0.05, 0.1) is 29.4 Å². The summed E-state index contributed by atoms with van der Waals surface area (Å²) in [6, 6.07) is 4.86. The van der Waals surface area contributed by atoms with Crippen LogP contribution in [0.3, 0.4) is 0 Å². The van der Waals surface area contributed by atoms with Crippen molar-refractivity contribution in [1.82, 2.24) is 15.2 Å². The Kier molecular flexibility index (Phi) is 7.01. The molecule has 11 heteroatoms. The summed E-state index contributed by atoms with van der Waals surface area (Å²) in [5.41, 5.74) is 4.73. The molecule has 0 aliphatic carbocycles. The number of likely N-dealkylation sites (tertiary alicyclic amines) is 1. The first kappa shape index (κ1) is 24.2. The summed E-state index contributed by atoms with van der Waals surface area (Å²) in [7, 11) is 2.90. The smallest absolute Gasteiger partial charge is 0.313 e. The topological polar surface area (TPSA) is 144 Å². The van der Waals surface area contributed by atoms with E-state index in [1.165, 1.54) is 30.7 Å². The zero-order valence-electron chi connectivity index (χ0n) is 18.9. The van der Waals surface area contributed by atoms with Crippen LogP contribution in [0, 0.1) is 5.92 Å². The Balaban J connectivity index is 1.87. The molecule has 0 aromatic carbocycles. The van der Waals surface area contributed by atoms with E-state index in [2.05, 4.69) is 15.6 Å². The Morgan fingerprint density at radius 3 is 2.67 bits per heavy atom. The highest BCUT2D eigenvalue weighted by Crippen LogP contribution is 2.42. The molecule has 1 aliphatic rings. The summed E-state index contributed by atoms with van der Waals surface area (Å²) in [6.45, 7) is 4.32. The molecule has 33 heavy (non-hydrogen) atoms. The average molecular weight is 474 g/mol. The monoisotopic (exact) mass is 473 g/mol. The van der Waals surface area contributed by atoms with E-state index in [0.29, 0.717) is 17.8 Å². The van der Waals surface area contributed by atoms with Crippen molar-refractivity contribution in [3.63, 3.8) is 0 Å². The van der Waals surface area contributed by atoms with E-state index in [1.54, 1.807) is 18.0 Å². The number of rotatable bonds is 5. The summed E-state index contributed by atoms with van der Waals surface area (Å²) in [6.07, 6.45) is 2.81. The number of thiophene rings is 1. The number of pyridine rings is 1. The Morgan fingerprint density at radius 1 is 1.30 bits per heavy atom.